The van der Waals surface area contributed by atoms with Gasteiger partial charge in [-0.1, -0.05) is 19.1 Å². The molecule has 1 aliphatic rings. The zero-order valence-corrected chi connectivity index (χ0v) is 17.8. The average Bonchev–Trinajstić information content (AvgIpc) is 3.32. The summed E-state index contributed by atoms with van der Waals surface area (Å²) in [5.41, 5.74) is -0.103. The second-order valence-corrected chi connectivity index (χ2v) is 7.86. The molecule has 0 saturated carbocycles. The number of carbonyl (C=O) groups is 3. The molecule has 0 radical (unpaired) electrons. The molecular formula is C23H28FN3O4. The topological polar surface area (TPSA) is 91.7 Å². The Balaban J connectivity index is 1.71. The van der Waals surface area contributed by atoms with Gasteiger partial charge in [0.05, 0.1) is 11.8 Å². The van der Waals surface area contributed by atoms with Crippen LogP contribution in [-0.4, -0.2) is 47.8 Å². The number of furan rings is 1. The largest absolute Gasteiger partial charge is 0.459 e. The number of carbonyl (C=O) groups excluding carboxylic acids is 3. The van der Waals surface area contributed by atoms with E-state index in [-0.39, 0.29) is 35.1 Å². The van der Waals surface area contributed by atoms with Gasteiger partial charge in [0.25, 0.3) is 11.8 Å². The molecule has 0 aliphatic carbocycles. The van der Waals surface area contributed by atoms with E-state index >= 15 is 0 Å². The fourth-order valence-electron chi connectivity index (χ4n) is 3.69. The lowest BCUT2D eigenvalue weighted by atomic mass is 9.88. The van der Waals surface area contributed by atoms with E-state index in [1.807, 2.05) is 13.8 Å². The van der Waals surface area contributed by atoms with Crippen molar-refractivity contribution in [3.63, 3.8) is 0 Å². The molecule has 3 rings (SSSR count). The van der Waals surface area contributed by atoms with Gasteiger partial charge in [0, 0.05) is 19.1 Å². The summed E-state index contributed by atoms with van der Waals surface area (Å²) < 4.78 is 19.2. The third-order valence-electron chi connectivity index (χ3n) is 5.72. The number of halogens is 1. The average molecular weight is 429 g/mol. The van der Waals surface area contributed by atoms with Gasteiger partial charge in [-0.2, -0.15) is 0 Å². The molecule has 8 heteroatoms. The van der Waals surface area contributed by atoms with Crippen LogP contribution in [0.3, 0.4) is 0 Å². The van der Waals surface area contributed by atoms with Gasteiger partial charge in [0.2, 0.25) is 5.91 Å². The maximum Gasteiger partial charge on any atom is 0.289 e. The molecule has 1 aromatic heterocycles. The second-order valence-electron chi connectivity index (χ2n) is 7.86. The van der Waals surface area contributed by atoms with Crippen molar-refractivity contribution in [1.82, 2.24) is 15.5 Å². The third kappa shape index (κ3) is 5.51. The first-order chi connectivity index (χ1) is 14.9. The van der Waals surface area contributed by atoms with E-state index in [9.17, 15) is 18.8 Å². The molecule has 1 aliphatic heterocycles. The number of rotatable bonds is 7. The van der Waals surface area contributed by atoms with Gasteiger partial charge in [0.1, 0.15) is 11.9 Å². The number of hydrogen-bond donors (Lipinski definition) is 2. The van der Waals surface area contributed by atoms with Crippen molar-refractivity contribution in [2.45, 2.75) is 45.2 Å². The summed E-state index contributed by atoms with van der Waals surface area (Å²) in [4.78, 5) is 39.8. The molecule has 166 valence electrons. The van der Waals surface area contributed by atoms with E-state index in [2.05, 4.69) is 10.6 Å². The van der Waals surface area contributed by atoms with Crippen molar-refractivity contribution in [3.8, 4) is 0 Å². The first-order valence-corrected chi connectivity index (χ1v) is 10.6. The number of nitrogens with one attached hydrogen (secondary N) is 2. The smallest absolute Gasteiger partial charge is 0.289 e. The molecule has 2 unspecified atom stereocenters. The molecule has 3 amide bonds. The Morgan fingerprint density at radius 1 is 1.13 bits per heavy atom. The van der Waals surface area contributed by atoms with Gasteiger partial charge >= 0.3 is 0 Å². The Bertz CT molecular complexity index is 907. The lowest BCUT2D eigenvalue weighted by Crippen LogP contribution is -2.55. The summed E-state index contributed by atoms with van der Waals surface area (Å²) >= 11 is 0. The molecular weight excluding hydrogens is 401 g/mol. The maximum absolute atomic E-state index is 14.1. The van der Waals surface area contributed by atoms with E-state index < -0.39 is 17.8 Å². The molecule has 1 fully saturated rings. The van der Waals surface area contributed by atoms with Gasteiger partial charge in [0.15, 0.2) is 5.76 Å². The highest BCUT2D eigenvalue weighted by Crippen LogP contribution is 2.23. The zero-order chi connectivity index (χ0) is 22.4. The van der Waals surface area contributed by atoms with E-state index in [1.165, 1.54) is 24.5 Å². The third-order valence-corrected chi connectivity index (χ3v) is 5.72. The minimum Gasteiger partial charge on any atom is -0.459 e. The summed E-state index contributed by atoms with van der Waals surface area (Å²) in [7, 11) is 0. The normalized spacial score (nSPS) is 16.4. The molecule has 1 aromatic carbocycles. The quantitative estimate of drug-likeness (QED) is 0.708. The highest BCUT2D eigenvalue weighted by Gasteiger charge is 2.35. The number of benzene rings is 1. The van der Waals surface area contributed by atoms with Crippen LogP contribution < -0.4 is 10.6 Å². The van der Waals surface area contributed by atoms with E-state index in [4.69, 9.17) is 4.42 Å². The van der Waals surface area contributed by atoms with Crippen molar-refractivity contribution in [2.75, 3.05) is 13.1 Å². The van der Waals surface area contributed by atoms with E-state index in [0.29, 0.717) is 25.9 Å². The predicted octanol–water partition coefficient (Wildman–Crippen LogP) is 2.98. The highest BCUT2D eigenvalue weighted by molar-refractivity contribution is 5.98. The van der Waals surface area contributed by atoms with Crippen molar-refractivity contribution >= 4 is 17.7 Å². The van der Waals surface area contributed by atoms with E-state index in [0.717, 1.165) is 6.42 Å². The predicted molar refractivity (Wildman–Crippen MR) is 113 cm³/mol. The summed E-state index contributed by atoms with van der Waals surface area (Å²) in [5.74, 6) is -1.66. The molecule has 1 saturated heterocycles. The van der Waals surface area contributed by atoms with Gasteiger partial charge in [-0.15, -0.1) is 0 Å². The number of amides is 3. The molecule has 0 spiro atoms. The van der Waals surface area contributed by atoms with Crippen LogP contribution in [0, 0.1) is 11.7 Å². The summed E-state index contributed by atoms with van der Waals surface area (Å²) in [6.07, 6.45) is 3.26. The summed E-state index contributed by atoms with van der Waals surface area (Å²) in [5, 5.41) is 5.64. The second kappa shape index (κ2) is 10.2. The molecule has 2 heterocycles. The lowest BCUT2D eigenvalue weighted by Gasteiger charge is -2.35. The van der Waals surface area contributed by atoms with E-state index in [1.54, 1.807) is 23.1 Å². The molecule has 0 bridgehead atoms. The van der Waals surface area contributed by atoms with Crippen molar-refractivity contribution in [3.05, 3.63) is 59.8 Å². The Kier molecular flexibility index (Phi) is 7.44. The molecule has 2 N–H and O–H groups in total. The Morgan fingerprint density at radius 3 is 2.45 bits per heavy atom. The maximum atomic E-state index is 14.1. The molecule has 7 nitrogen and oxygen atoms in total. The number of likely N-dealkylation sites (tertiary alicyclic amines) is 1. The fraction of sp³-hybridized carbons (Fsp3) is 0.435. The first kappa shape index (κ1) is 22.5. The molecule has 2 atom stereocenters. The minimum atomic E-state index is -0.818. The van der Waals surface area contributed by atoms with Crippen LogP contribution in [0.15, 0.2) is 47.1 Å². The van der Waals surface area contributed by atoms with Crippen LogP contribution in [0.1, 0.15) is 54.0 Å². The lowest BCUT2D eigenvalue weighted by molar-refractivity contribution is -0.125. The van der Waals surface area contributed by atoms with Crippen molar-refractivity contribution < 1.29 is 23.2 Å². The molecule has 2 aromatic rings. The highest BCUT2D eigenvalue weighted by atomic mass is 19.1. The number of nitrogens with zero attached hydrogens (tertiary/aromatic N) is 1. The number of hydrogen-bond acceptors (Lipinski definition) is 4. The van der Waals surface area contributed by atoms with Crippen LogP contribution in [0.25, 0.3) is 0 Å². The monoisotopic (exact) mass is 429 g/mol. The van der Waals surface area contributed by atoms with Gasteiger partial charge in [-0.3, -0.25) is 14.4 Å². The fourth-order valence-corrected chi connectivity index (χ4v) is 3.69. The SMILES string of the molecule is CCC(C)NC(=O)C(NC(=O)c1ccccc1F)C1CCN(C(=O)c2ccco2)CC1. The van der Waals surface area contributed by atoms with Crippen LogP contribution in [-0.2, 0) is 4.79 Å². The number of piperidine rings is 1. The zero-order valence-electron chi connectivity index (χ0n) is 17.8. The summed E-state index contributed by atoms with van der Waals surface area (Å²) in [6, 6.07) is 8.08. The van der Waals surface area contributed by atoms with Gasteiger partial charge in [-0.05, 0) is 56.4 Å². The standard InChI is InChI=1S/C23H28FN3O4/c1-3-15(2)25-22(29)20(26-21(28)17-7-4-5-8-18(17)24)16-10-12-27(13-11-16)23(30)19-9-6-14-31-19/h4-9,14-16,20H,3,10-13H2,1-2H3,(H,25,29)(H,26,28). The van der Waals surface area contributed by atoms with Gasteiger partial charge < -0.3 is 20.0 Å². The summed E-state index contributed by atoms with van der Waals surface area (Å²) in [6.45, 7) is 4.72. The first-order valence-electron chi connectivity index (χ1n) is 10.6. The minimum absolute atomic E-state index is 0.0546. The Morgan fingerprint density at radius 2 is 1.84 bits per heavy atom. The van der Waals surface area contributed by atoms with Crippen molar-refractivity contribution in [1.29, 1.82) is 0 Å². The van der Waals surface area contributed by atoms with Gasteiger partial charge in [-0.25, -0.2) is 4.39 Å². The van der Waals surface area contributed by atoms with Crippen LogP contribution in [0.5, 0.6) is 0 Å². The van der Waals surface area contributed by atoms with Crippen molar-refractivity contribution in [2.24, 2.45) is 5.92 Å². The Hall–Kier alpha value is -3.16. The molecule has 31 heavy (non-hydrogen) atoms. The van der Waals surface area contributed by atoms with Crippen LogP contribution in [0.4, 0.5) is 4.39 Å². The van der Waals surface area contributed by atoms with Crippen LogP contribution in [0.2, 0.25) is 0 Å². The Labute approximate surface area is 181 Å². The van der Waals surface area contributed by atoms with Crippen LogP contribution >= 0.6 is 0 Å².